The van der Waals surface area contributed by atoms with E-state index in [-0.39, 0.29) is 0 Å². The van der Waals surface area contributed by atoms with Crippen molar-refractivity contribution in [3.8, 4) is 0 Å². The van der Waals surface area contributed by atoms with E-state index in [1.54, 1.807) is 0 Å². The Morgan fingerprint density at radius 2 is 2.24 bits per heavy atom. The second-order valence-corrected chi connectivity index (χ2v) is 5.16. The molecule has 0 spiro atoms. The SMILES string of the molecule is CCCNCC1CCN(c2ccccc2Cl)C1. The summed E-state index contributed by atoms with van der Waals surface area (Å²) in [6, 6.07) is 8.13. The average molecular weight is 253 g/mol. The van der Waals surface area contributed by atoms with Gasteiger partial charge in [0.2, 0.25) is 0 Å². The van der Waals surface area contributed by atoms with Crippen LogP contribution in [0, 0.1) is 5.92 Å². The molecule has 0 bridgehead atoms. The van der Waals surface area contributed by atoms with Crippen molar-refractivity contribution in [1.29, 1.82) is 0 Å². The standard InChI is InChI=1S/C14H21ClN2/c1-2-8-16-10-12-7-9-17(11-12)14-6-4-3-5-13(14)15/h3-6,12,16H,2,7-11H2,1H3. The van der Waals surface area contributed by atoms with Gasteiger partial charge < -0.3 is 10.2 Å². The van der Waals surface area contributed by atoms with Gasteiger partial charge in [-0.15, -0.1) is 0 Å². The average Bonchev–Trinajstić information content (AvgIpc) is 2.79. The highest BCUT2D eigenvalue weighted by molar-refractivity contribution is 6.33. The van der Waals surface area contributed by atoms with Crippen molar-refractivity contribution >= 4 is 17.3 Å². The molecule has 3 heteroatoms. The Balaban J connectivity index is 1.87. The number of para-hydroxylation sites is 1. The topological polar surface area (TPSA) is 15.3 Å². The third-order valence-corrected chi connectivity index (χ3v) is 3.66. The fraction of sp³-hybridized carbons (Fsp3) is 0.571. The predicted octanol–water partition coefficient (Wildman–Crippen LogP) is 3.17. The minimum Gasteiger partial charge on any atom is -0.370 e. The highest BCUT2D eigenvalue weighted by Gasteiger charge is 2.23. The zero-order valence-electron chi connectivity index (χ0n) is 10.5. The summed E-state index contributed by atoms with van der Waals surface area (Å²) in [5.41, 5.74) is 1.19. The summed E-state index contributed by atoms with van der Waals surface area (Å²) in [6.07, 6.45) is 2.48. The van der Waals surface area contributed by atoms with Gasteiger partial charge in [-0.3, -0.25) is 0 Å². The molecule has 17 heavy (non-hydrogen) atoms. The van der Waals surface area contributed by atoms with E-state index >= 15 is 0 Å². The summed E-state index contributed by atoms with van der Waals surface area (Å²) >= 11 is 6.22. The first kappa shape index (κ1) is 12.7. The lowest BCUT2D eigenvalue weighted by molar-refractivity contribution is 0.516. The normalized spacial score (nSPS) is 19.9. The van der Waals surface area contributed by atoms with E-state index in [4.69, 9.17) is 11.6 Å². The second-order valence-electron chi connectivity index (χ2n) is 4.76. The molecule has 2 nitrogen and oxygen atoms in total. The number of benzene rings is 1. The van der Waals surface area contributed by atoms with E-state index < -0.39 is 0 Å². The molecule has 1 saturated heterocycles. The van der Waals surface area contributed by atoms with Crippen LogP contribution in [-0.2, 0) is 0 Å². The quantitative estimate of drug-likeness (QED) is 0.810. The van der Waals surface area contributed by atoms with Crippen molar-refractivity contribution in [2.45, 2.75) is 19.8 Å². The molecule has 1 aromatic rings. The fourth-order valence-electron chi connectivity index (χ4n) is 2.41. The van der Waals surface area contributed by atoms with Crippen LogP contribution in [-0.4, -0.2) is 26.2 Å². The minimum atomic E-state index is 0.762. The first-order chi connectivity index (χ1) is 8.31. The van der Waals surface area contributed by atoms with E-state index in [0.29, 0.717) is 0 Å². The fourth-order valence-corrected chi connectivity index (χ4v) is 2.66. The van der Waals surface area contributed by atoms with Gasteiger partial charge in [-0.05, 0) is 44.0 Å². The number of anilines is 1. The van der Waals surface area contributed by atoms with Crippen molar-refractivity contribution in [3.63, 3.8) is 0 Å². The summed E-state index contributed by atoms with van der Waals surface area (Å²) in [7, 11) is 0. The molecule has 1 unspecified atom stereocenters. The highest BCUT2D eigenvalue weighted by Crippen LogP contribution is 2.29. The molecule has 2 rings (SSSR count). The largest absolute Gasteiger partial charge is 0.370 e. The lowest BCUT2D eigenvalue weighted by atomic mass is 10.1. The summed E-state index contributed by atoms with van der Waals surface area (Å²) in [5.74, 6) is 0.762. The molecule has 0 amide bonds. The van der Waals surface area contributed by atoms with Crippen LogP contribution in [0.2, 0.25) is 5.02 Å². The maximum atomic E-state index is 6.22. The summed E-state index contributed by atoms with van der Waals surface area (Å²) in [4.78, 5) is 2.40. The van der Waals surface area contributed by atoms with Gasteiger partial charge in [0, 0.05) is 13.1 Å². The second kappa shape index (κ2) is 6.27. The van der Waals surface area contributed by atoms with Gasteiger partial charge in [0.15, 0.2) is 0 Å². The number of hydrogen-bond donors (Lipinski definition) is 1. The zero-order chi connectivity index (χ0) is 12.1. The lowest BCUT2D eigenvalue weighted by Gasteiger charge is -2.20. The molecule has 0 saturated carbocycles. The molecular formula is C14H21ClN2. The number of rotatable bonds is 5. The minimum absolute atomic E-state index is 0.762. The van der Waals surface area contributed by atoms with E-state index in [1.165, 1.54) is 18.5 Å². The van der Waals surface area contributed by atoms with Crippen LogP contribution >= 0.6 is 11.6 Å². The molecule has 1 fully saturated rings. The Labute approximate surface area is 109 Å². The van der Waals surface area contributed by atoms with Gasteiger partial charge in [0.1, 0.15) is 0 Å². The number of nitrogens with one attached hydrogen (secondary N) is 1. The maximum Gasteiger partial charge on any atom is 0.0639 e. The number of halogens is 1. The first-order valence-corrected chi connectivity index (χ1v) is 6.89. The van der Waals surface area contributed by atoms with Gasteiger partial charge in [-0.25, -0.2) is 0 Å². The molecule has 94 valence electrons. The summed E-state index contributed by atoms with van der Waals surface area (Å²) < 4.78 is 0. The zero-order valence-corrected chi connectivity index (χ0v) is 11.2. The summed E-state index contributed by atoms with van der Waals surface area (Å²) in [5, 5.41) is 4.37. The Morgan fingerprint density at radius 1 is 1.41 bits per heavy atom. The third-order valence-electron chi connectivity index (χ3n) is 3.34. The Hall–Kier alpha value is -0.730. The van der Waals surface area contributed by atoms with E-state index in [1.807, 2.05) is 12.1 Å². The van der Waals surface area contributed by atoms with Crippen LogP contribution in [0.4, 0.5) is 5.69 Å². The molecular weight excluding hydrogens is 232 g/mol. The molecule has 1 heterocycles. The molecule has 1 aliphatic heterocycles. The van der Waals surface area contributed by atoms with Crippen LogP contribution < -0.4 is 10.2 Å². The van der Waals surface area contributed by atoms with Gasteiger partial charge in [-0.2, -0.15) is 0 Å². The van der Waals surface area contributed by atoms with Crippen molar-refractivity contribution in [1.82, 2.24) is 5.32 Å². The van der Waals surface area contributed by atoms with Crippen molar-refractivity contribution in [3.05, 3.63) is 29.3 Å². The molecule has 0 aliphatic carbocycles. The molecule has 1 atom stereocenters. The van der Waals surface area contributed by atoms with Crippen LogP contribution in [0.15, 0.2) is 24.3 Å². The lowest BCUT2D eigenvalue weighted by Crippen LogP contribution is -2.26. The van der Waals surface area contributed by atoms with Gasteiger partial charge >= 0.3 is 0 Å². The van der Waals surface area contributed by atoms with Gasteiger partial charge in [0.05, 0.1) is 10.7 Å². The third kappa shape index (κ3) is 3.36. The van der Waals surface area contributed by atoms with Crippen LogP contribution in [0.25, 0.3) is 0 Å². The number of nitrogens with zero attached hydrogens (tertiary/aromatic N) is 1. The predicted molar refractivity (Wildman–Crippen MR) is 74.9 cm³/mol. The first-order valence-electron chi connectivity index (χ1n) is 6.51. The van der Waals surface area contributed by atoms with Crippen LogP contribution in [0.1, 0.15) is 19.8 Å². The molecule has 1 aliphatic rings. The highest BCUT2D eigenvalue weighted by atomic mass is 35.5. The van der Waals surface area contributed by atoms with Gasteiger partial charge in [-0.1, -0.05) is 30.7 Å². The van der Waals surface area contributed by atoms with Gasteiger partial charge in [0.25, 0.3) is 0 Å². The molecule has 0 aromatic heterocycles. The van der Waals surface area contributed by atoms with E-state index in [0.717, 1.165) is 37.1 Å². The van der Waals surface area contributed by atoms with E-state index in [2.05, 4.69) is 29.3 Å². The Kier molecular flexibility index (Phi) is 4.69. The smallest absolute Gasteiger partial charge is 0.0639 e. The Bertz CT molecular complexity index is 354. The number of hydrogen-bond acceptors (Lipinski definition) is 2. The van der Waals surface area contributed by atoms with Crippen LogP contribution in [0.5, 0.6) is 0 Å². The molecule has 1 aromatic carbocycles. The summed E-state index contributed by atoms with van der Waals surface area (Å²) in [6.45, 7) is 6.72. The monoisotopic (exact) mass is 252 g/mol. The van der Waals surface area contributed by atoms with Crippen molar-refractivity contribution in [2.24, 2.45) is 5.92 Å². The Morgan fingerprint density at radius 3 is 3.00 bits per heavy atom. The maximum absolute atomic E-state index is 6.22. The molecule has 0 radical (unpaired) electrons. The van der Waals surface area contributed by atoms with E-state index in [9.17, 15) is 0 Å². The van der Waals surface area contributed by atoms with Crippen molar-refractivity contribution < 1.29 is 0 Å². The van der Waals surface area contributed by atoms with Crippen LogP contribution in [0.3, 0.4) is 0 Å². The molecule has 1 N–H and O–H groups in total. The van der Waals surface area contributed by atoms with Crippen molar-refractivity contribution in [2.75, 3.05) is 31.1 Å².